The van der Waals surface area contributed by atoms with Crippen molar-refractivity contribution in [3.63, 3.8) is 0 Å². The number of rotatable bonds is 4. The molecule has 0 radical (unpaired) electrons. The fraction of sp³-hybridized carbons (Fsp3) is 0.786. The lowest BCUT2D eigenvalue weighted by atomic mass is 9.74. The summed E-state index contributed by atoms with van der Waals surface area (Å²) in [5.41, 5.74) is 0. The van der Waals surface area contributed by atoms with E-state index in [9.17, 15) is 4.79 Å². The van der Waals surface area contributed by atoms with Crippen LogP contribution in [0.2, 0.25) is 0 Å². The van der Waals surface area contributed by atoms with Gasteiger partial charge in [-0.25, -0.2) is 0 Å². The average molecular weight is 206 g/mol. The topological polar surface area (TPSA) is 17.1 Å². The molecule has 0 aromatic heterocycles. The predicted molar refractivity (Wildman–Crippen MR) is 63.4 cm³/mol. The molecule has 1 saturated carbocycles. The summed E-state index contributed by atoms with van der Waals surface area (Å²) < 4.78 is 0. The molecular formula is C14H22O. The molecule has 0 bridgehead atoms. The van der Waals surface area contributed by atoms with Crippen molar-refractivity contribution >= 4 is 5.78 Å². The Kier molecular flexibility index (Phi) is 4.88. The fourth-order valence-electron chi connectivity index (χ4n) is 2.48. The van der Waals surface area contributed by atoms with Crippen molar-refractivity contribution in [1.29, 1.82) is 0 Å². The zero-order valence-electron chi connectivity index (χ0n) is 9.96. The number of hydrogen-bond acceptors (Lipinski definition) is 1. The molecule has 0 amide bonds. The molecule has 84 valence electrons. The van der Waals surface area contributed by atoms with Crippen molar-refractivity contribution in [2.75, 3.05) is 0 Å². The molecule has 1 fully saturated rings. The third-order valence-electron chi connectivity index (χ3n) is 3.62. The van der Waals surface area contributed by atoms with Gasteiger partial charge in [-0.15, -0.1) is 12.3 Å². The van der Waals surface area contributed by atoms with Crippen LogP contribution in [-0.2, 0) is 4.79 Å². The minimum atomic E-state index is 0.305. The fourth-order valence-corrected chi connectivity index (χ4v) is 2.48. The maximum Gasteiger partial charge on any atom is 0.135 e. The maximum atomic E-state index is 11.7. The van der Waals surface area contributed by atoms with Crippen LogP contribution >= 0.6 is 0 Å². The lowest BCUT2D eigenvalue weighted by Crippen LogP contribution is -2.27. The lowest BCUT2D eigenvalue weighted by molar-refractivity contribution is -0.126. The Morgan fingerprint density at radius 2 is 2.27 bits per heavy atom. The second kappa shape index (κ2) is 5.95. The Balaban J connectivity index is 2.40. The van der Waals surface area contributed by atoms with E-state index in [1.165, 1.54) is 0 Å². The van der Waals surface area contributed by atoms with Gasteiger partial charge in [0.15, 0.2) is 0 Å². The van der Waals surface area contributed by atoms with Crippen molar-refractivity contribution in [2.45, 2.75) is 52.4 Å². The first kappa shape index (κ1) is 12.3. The molecule has 0 heterocycles. The molecule has 0 N–H and O–H groups in total. The normalized spacial score (nSPS) is 26.7. The van der Waals surface area contributed by atoms with Gasteiger partial charge in [0.25, 0.3) is 0 Å². The number of terminal acetylenes is 1. The van der Waals surface area contributed by atoms with E-state index in [0.717, 1.165) is 44.4 Å². The monoisotopic (exact) mass is 206 g/mol. The number of carbonyl (C=O) groups is 1. The van der Waals surface area contributed by atoms with Crippen molar-refractivity contribution in [3.05, 3.63) is 0 Å². The van der Waals surface area contributed by atoms with Crippen molar-refractivity contribution in [2.24, 2.45) is 17.8 Å². The van der Waals surface area contributed by atoms with Crippen molar-refractivity contribution in [3.8, 4) is 12.3 Å². The molecule has 1 aliphatic carbocycles. The molecule has 1 rings (SSSR count). The number of hydrogen-bond donors (Lipinski definition) is 0. The molecule has 0 aromatic rings. The second-order valence-corrected chi connectivity index (χ2v) is 5.04. The van der Waals surface area contributed by atoms with Crippen LogP contribution in [0.4, 0.5) is 0 Å². The van der Waals surface area contributed by atoms with E-state index in [2.05, 4.69) is 19.8 Å². The number of unbranched alkanes of at least 4 members (excludes halogenated alkanes) is 1. The smallest absolute Gasteiger partial charge is 0.135 e. The summed E-state index contributed by atoms with van der Waals surface area (Å²) in [6.07, 6.45) is 11.0. The third kappa shape index (κ3) is 3.70. The Labute approximate surface area is 93.6 Å². The quantitative estimate of drug-likeness (QED) is 0.509. The summed E-state index contributed by atoms with van der Waals surface area (Å²) in [5, 5.41) is 0. The van der Waals surface area contributed by atoms with E-state index in [0.29, 0.717) is 17.6 Å². The first-order valence-corrected chi connectivity index (χ1v) is 6.11. The van der Waals surface area contributed by atoms with E-state index in [4.69, 9.17) is 6.42 Å². The minimum absolute atomic E-state index is 0.305. The SMILES string of the molecule is C#CCCCC1CC(C(C)C)CCC1=O. The highest BCUT2D eigenvalue weighted by Gasteiger charge is 2.29. The number of Topliss-reactive ketones (excluding diaryl/α,β-unsaturated/α-hetero) is 1. The Morgan fingerprint density at radius 1 is 1.53 bits per heavy atom. The number of carbonyl (C=O) groups excluding carboxylic acids is 1. The number of ketones is 1. The average Bonchev–Trinajstić information content (AvgIpc) is 2.20. The Hall–Kier alpha value is -0.770. The van der Waals surface area contributed by atoms with Gasteiger partial charge in [-0.3, -0.25) is 4.79 Å². The predicted octanol–water partition coefficient (Wildman–Crippen LogP) is 3.43. The summed E-state index contributed by atoms with van der Waals surface area (Å²) in [4.78, 5) is 11.7. The highest BCUT2D eigenvalue weighted by atomic mass is 16.1. The molecule has 1 aliphatic rings. The molecular weight excluding hydrogens is 184 g/mol. The molecule has 0 saturated heterocycles. The van der Waals surface area contributed by atoms with Crippen LogP contribution in [-0.4, -0.2) is 5.78 Å². The summed E-state index contributed by atoms with van der Waals surface area (Å²) in [7, 11) is 0. The van der Waals surface area contributed by atoms with Gasteiger partial charge in [0, 0.05) is 18.8 Å². The van der Waals surface area contributed by atoms with Gasteiger partial charge in [-0.05, 0) is 37.5 Å². The van der Waals surface area contributed by atoms with E-state index < -0.39 is 0 Å². The largest absolute Gasteiger partial charge is 0.299 e. The molecule has 15 heavy (non-hydrogen) atoms. The van der Waals surface area contributed by atoms with Gasteiger partial charge in [0.05, 0.1) is 0 Å². The zero-order valence-corrected chi connectivity index (χ0v) is 9.96. The molecule has 0 spiro atoms. The van der Waals surface area contributed by atoms with Gasteiger partial charge in [0.2, 0.25) is 0 Å². The molecule has 1 nitrogen and oxygen atoms in total. The Bertz CT molecular complexity index is 247. The second-order valence-electron chi connectivity index (χ2n) is 5.04. The van der Waals surface area contributed by atoms with E-state index in [1.54, 1.807) is 0 Å². The summed E-state index contributed by atoms with van der Waals surface area (Å²) in [5.74, 6) is 4.89. The summed E-state index contributed by atoms with van der Waals surface area (Å²) in [6.45, 7) is 4.53. The minimum Gasteiger partial charge on any atom is -0.299 e. The van der Waals surface area contributed by atoms with E-state index >= 15 is 0 Å². The first-order valence-electron chi connectivity index (χ1n) is 6.11. The molecule has 0 aliphatic heterocycles. The Morgan fingerprint density at radius 3 is 2.87 bits per heavy atom. The molecule has 2 atom stereocenters. The first-order chi connectivity index (χ1) is 7.15. The highest BCUT2D eigenvalue weighted by Crippen LogP contribution is 2.33. The van der Waals surface area contributed by atoms with Crippen LogP contribution in [0.3, 0.4) is 0 Å². The van der Waals surface area contributed by atoms with Crippen molar-refractivity contribution < 1.29 is 4.79 Å². The summed E-state index contributed by atoms with van der Waals surface area (Å²) in [6, 6.07) is 0. The van der Waals surface area contributed by atoms with Crippen LogP contribution in [0.15, 0.2) is 0 Å². The van der Waals surface area contributed by atoms with Crippen LogP contribution in [0.5, 0.6) is 0 Å². The van der Waals surface area contributed by atoms with Gasteiger partial charge in [0.1, 0.15) is 5.78 Å². The van der Waals surface area contributed by atoms with E-state index in [1.807, 2.05) is 0 Å². The van der Waals surface area contributed by atoms with Gasteiger partial charge in [-0.2, -0.15) is 0 Å². The third-order valence-corrected chi connectivity index (χ3v) is 3.62. The lowest BCUT2D eigenvalue weighted by Gasteiger charge is -2.30. The zero-order chi connectivity index (χ0) is 11.3. The van der Waals surface area contributed by atoms with Gasteiger partial charge in [-0.1, -0.05) is 13.8 Å². The van der Waals surface area contributed by atoms with Crippen LogP contribution in [0.1, 0.15) is 52.4 Å². The maximum absolute atomic E-state index is 11.7. The van der Waals surface area contributed by atoms with Crippen molar-refractivity contribution in [1.82, 2.24) is 0 Å². The molecule has 1 heteroatoms. The molecule has 2 unspecified atom stereocenters. The molecule has 0 aromatic carbocycles. The van der Waals surface area contributed by atoms with Crippen LogP contribution in [0, 0.1) is 30.1 Å². The summed E-state index contributed by atoms with van der Waals surface area (Å²) >= 11 is 0. The standard InChI is InChI=1S/C14H22O/c1-4-5-6-7-13-10-12(11(2)3)8-9-14(13)15/h1,11-13H,5-10H2,2-3H3. The highest BCUT2D eigenvalue weighted by molar-refractivity contribution is 5.81. The van der Waals surface area contributed by atoms with Crippen LogP contribution < -0.4 is 0 Å². The van der Waals surface area contributed by atoms with Gasteiger partial charge >= 0.3 is 0 Å². The van der Waals surface area contributed by atoms with E-state index in [-0.39, 0.29) is 0 Å². The van der Waals surface area contributed by atoms with Gasteiger partial charge < -0.3 is 0 Å². The van der Waals surface area contributed by atoms with Crippen LogP contribution in [0.25, 0.3) is 0 Å².